The van der Waals surface area contributed by atoms with Gasteiger partial charge in [-0.25, -0.2) is 9.59 Å². The maximum absolute atomic E-state index is 13.1. The van der Waals surface area contributed by atoms with Crippen LogP contribution in [0.1, 0.15) is 30.4 Å². The van der Waals surface area contributed by atoms with Gasteiger partial charge in [0.15, 0.2) is 0 Å². The molecule has 0 aromatic heterocycles. The molecule has 186 valence electrons. The van der Waals surface area contributed by atoms with Crippen LogP contribution in [-0.4, -0.2) is 79.6 Å². The van der Waals surface area contributed by atoms with Gasteiger partial charge in [-0.3, -0.25) is 4.79 Å². The summed E-state index contributed by atoms with van der Waals surface area (Å²) < 4.78 is 16.1. The lowest BCUT2D eigenvalue weighted by Crippen LogP contribution is -2.62. The summed E-state index contributed by atoms with van der Waals surface area (Å²) in [5.74, 6) is -1.67. The number of nitrogens with one attached hydrogen (secondary N) is 1. The number of methoxy groups -OCH3 is 1. The third kappa shape index (κ3) is 4.87. The number of fused-ring (bicyclic) bond motifs is 3. The predicted octanol–water partition coefficient (Wildman–Crippen LogP) is 2.63. The number of hydrogen-bond acceptors (Lipinski definition) is 6. The fraction of sp³-hybridized carbons (Fsp3) is 0.423. The number of hydrogen-bond donors (Lipinski definition) is 2. The summed E-state index contributed by atoms with van der Waals surface area (Å²) in [4.78, 5) is 39.0. The minimum atomic E-state index is -1.63. The van der Waals surface area contributed by atoms with Crippen LogP contribution < -0.4 is 5.32 Å². The van der Waals surface area contributed by atoms with Crippen LogP contribution in [0.2, 0.25) is 0 Å². The van der Waals surface area contributed by atoms with E-state index < -0.39 is 23.7 Å². The maximum Gasteiger partial charge on any atom is 0.407 e. The molecule has 0 saturated carbocycles. The monoisotopic (exact) mass is 482 g/mol. The Morgan fingerprint density at radius 1 is 1.14 bits per heavy atom. The number of carboxylic acid groups (broad SMARTS) is 1. The van der Waals surface area contributed by atoms with Gasteiger partial charge in [-0.1, -0.05) is 55.5 Å². The lowest BCUT2D eigenvalue weighted by molar-refractivity contribution is -0.189. The summed E-state index contributed by atoms with van der Waals surface area (Å²) in [6.07, 6.45) is -0.369. The van der Waals surface area contributed by atoms with Gasteiger partial charge in [-0.15, -0.1) is 0 Å². The minimum Gasteiger partial charge on any atom is -0.479 e. The van der Waals surface area contributed by atoms with Crippen LogP contribution in [0.5, 0.6) is 0 Å². The van der Waals surface area contributed by atoms with Gasteiger partial charge in [0.25, 0.3) is 0 Å². The molecular formula is C26H30N2O7. The first-order valence-corrected chi connectivity index (χ1v) is 11.7. The van der Waals surface area contributed by atoms with Crippen molar-refractivity contribution in [1.29, 1.82) is 0 Å². The SMILES string of the molecule is CC[C@@H](NC(=O)OCC1c2ccccc2-c2ccccc21)C(=O)N1CCOC(COC)(C(=O)O)C1. The van der Waals surface area contributed by atoms with Crippen molar-refractivity contribution in [1.82, 2.24) is 10.2 Å². The molecule has 1 heterocycles. The largest absolute Gasteiger partial charge is 0.479 e. The van der Waals surface area contributed by atoms with Crippen molar-refractivity contribution < 1.29 is 33.7 Å². The normalized spacial score (nSPS) is 20.0. The van der Waals surface area contributed by atoms with E-state index in [0.29, 0.717) is 6.42 Å². The van der Waals surface area contributed by atoms with Crippen LogP contribution in [0.3, 0.4) is 0 Å². The van der Waals surface area contributed by atoms with E-state index in [1.807, 2.05) is 36.4 Å². The summed E-state index contributed by atoms with van der Waals surface area (Å²) in [7, 11) is 1.38. The van der Waals surface area contributed by atoms with Crippen LogP contribution in [0.4, 0.5) is 4.79 Å². The van der Waals surface area contributed by atoms with Crippen molar-refractivity contribution in [3.05, 3.63) is 59.7 Å². The highest BCUT2D eigenvalue weighted by atomic mass is 16.6. The molecule has 2 amide bonds. The summed E-state index contributed by atoms with van der Waals surface area (Å²) in [6.45, 7) is 1.83. The zero-order valence-electron chi connectivity index (χ0n) is 19.9. The highest BCUT2D eigenvalue weighted by molar-refractivity contribution is 5.87. The highest BCUT2D eigenvalue weighted by Crippen LogP contribution is 2.44. The molecule has 1 saturated heterocycles. The molecule has 1 fully saturated rings. The molecule has 2 atom stereocenters. The fourth-order valence-electron chi connectivity index (χ4n) is 4.83. The van der Waals surface area contributed by atoms with Crippen LogP contribution in [0, 0.1) is 0 Å². The number of amides is 2. The number of nitrogens with zero attached hydrogens (tertiary/aromatic N) is 1. The second-order valence-corrected chi connectivity index (χ2v) is 8.77. The zero-order valence-corrected chi connectivity index (χ0v) is 19.9. The van der Waals surface area contributed by atoms with Gasteiger partial charge in [-0.2, -0.15) is 0 Å². The van der Waals surface area contributed by atoms with Crippen LogP contribution in [-0.2, 0) is 23.8 Å². The highest BCUT2D eigenvalue weighted by Gasteiger charge is 2.46. The fourth-order valence-corrected chi connectivity index (χ4v) is 4.83. The Labute approximate surface area is 204 Å². The molecule has 1 aliphatic heterocycles. The number of morpholine rings is 1. The van der Waals surface area contributed by atoms with E-state index in [1.54, 1.807) is 6.92 Å². The zero-order chi connectivity index (χ0) is 25.0. The number of carboxylic acids is 1. The lowest BCUT2D eigenvalue weighted by atomic mass is 9.98. The molecule has 9 heteroatoms. The van der Waals surface area contributed by atoms with Gasteiger partial charge in [-0.05, 0) is 28.7 Å². The molecular weight excluding hydrogens is 452 g/mol. The second kappa shape index (κ2) is 10.5. The Balaban J connectivity index is 1.39. The Morgan fingerprint density at radius 2 is 1.77 bits per heavy atom. The Kier molecular flexibility index (Phi) is 7.37. The van der Waals surface area contributed by atoms with Crippen molar-refractivity contribution >= 4 is 18.0 Å². The number of rotatable bonds is 8. The lowest BCUT2D eigenvalue weighted by Gasteiger charge is -2.40. The molecule has 1 unspecified atom stereocenters. The summed E-state index contributed by atoms with van der Waals surface area (Å²) in [5.41, 5.74) is 2.82. The number of benzene rings is 2. The van der Waals surface area contributed by atoms with Crippen LogP contribution >= 0.6 is 0 Å². The molecule has 9 nitrogen and oxygen atoms in total. The van der Waals surface area contributed by atoms with Crippen LogP contribution in [0.15, 0.2) is 48.5 Å². The van der Waals surface area contributed by atoms with E-state index in [-0.39, 0.29) is 44.7 Å². The summed E-state index contributed by atoms with van der Waals surface area (Å²) in [6, 6.07) is 15.2. The number of carbonyl (C=O) groups is 3. The van der Waals surface area contributed by atoms with E-state index in [9.17, 15) is 19.5 Å². The molecule has 0 radical (unpaired) electrons. The minimum absolute atomic E-state index is 0.0583. The van der Waals surface area contributed by atoms with E-state index in [1.165, 1.54) is 12.0 Å². The Morgan fingerprint density at radius 3 is 2.34 bits per heavy atom. The van der Waals surface area contributed by atoms with E-state index in [2.05, 4.69) is 17.4 Å². The molecule has 0 bridgehead atoms. The van der Waals surface area contributed by atoms with E-state index in [4.69, 9.17) is 14.2 Å². The summed E-state index contributed by atoms with van der Waals surface area (Å²) >= 11 is 0. The van der Waals surface area contributed by atoms with Crippen molar-refractivity contribution in [3.8, 4) is 11.1 Å². The van der Waals surface area contributed by atoms with Gasteiger partial charge in [0.05, 0.1) is 19.8 Å². The summed E-state index contributed by atoms with van der Waals surface area (Å²) in [5, 5.41) is 12.3. The first-order valence-electron chi connectivity index (χ1n) is 11.7. The molecule has 2 aliphatic rings. The molecule has 2 aromatic rings. The molecule has 1 aliphatic carbocycles. The first-order chi connectivity index (χ1) is 16.9. The Bertz CT molecular complexity index is 1060. The number of alkyl carbamates (subject to hydrolysis) is 1. The molecule has 4 rings (SSSR count). The third-order valence-corrected chi connectivity index (χ3v) is 6.61. The standard InChI is InChI=1S/C26H30N2O7/c1-3-22(23(29)28-12-13-35-26(15-28,16-33-2)24(30)31)27-25(32)34-14-21-19-10-6-4-8-17(19)18-9-5-7-11-20(18)21/h4-11,21-22H,3,12-16H2,1-2H3,(H,27,32)(H,30,31)/t22-,26?/m1/s1. The second-order valence-electron chi connectivity index (χ2n) is 8.77. The average molecular weight is 483 g/mol. The van der Waals surface area contributed by atoms with E-state index >= 15 is 0 Å². The predicted molar refractivity (Wildman–Crippen MR) is 127 cm³/mol. The number of carbonyl (C=O) groups excluding carboxylic acids is 2. The topological polar surface area (TPSA) is 114 Å². The van der Waals surface area contributed by atoms with Gasteiger partial charge in [0, 0.05) is 19.6 Å². The van der Waals surface area contributed by atoms with Gasteiger partial charge < -0.3 is 29.5 Å². The van der Waals surface area contributed by atoms with Gasteiger partial charge in [0.2, 0.25) is 11.5 Å². The molecule has 2 N–H and O–H groups in total. The average Bonchev–Trinajstić information content (AvgIpc) is 3.19. The third-order valence-electron chi connectivity index (χ3n) is 6.61. The number of aliphatic carboxylic acids is 1. The van der Waals surface area contributed by atoms with Gasteiger partial charge >= 0.3 is 12.1 Å². The molecule has 2 aromatic carbocycles. The smallest absolute Gasteiger partial charge is 0.407 e. The van der Waals surface area contributed by atoms with Crippen molar-refractivity contribution in [2.24, 2.45) is 0 Å². The molecule has 0 spiro atoms. The van der Waals surface area contributed by atoms with Crippen LogP contribution in [0.25, 0.3) is 11.1 Å². The van der Waals surface area contributed by atoms with Crippen molar-refractivity contribution in [2.75, 3.05) is 40.0 Å². The quantitative estimate of drug-likeness (QED) is 0.594. The molecule has 35 heavy (non-hydrogen) atoms. The van der Waals surface area contributed by atoms with Crippen molar-refractivity contribution in [2.45, 2.75) is 30.9 Å². The van der Waals surface area contributed by atoms with E-state index in [0.717, 1.165) is 22.3 Å². The number of ether oxygens (including phenoxy) is 3. The first kappa shape index (κ1) is 24.7. The Hall–Kier alpha value is -3.43. The van der Waals surface area contributed by atoms with Crippen molar-refractivity contribution in [3.63, 3.8) is 0 Å². The van der Waals surface area contributed by atoms with Gasteiger partial charge in [0.1, 0.15) is 12.6 Å². The maximum atomic E-state index is 13.1.